The van der Waals surface area contributed by atoms with Gasteiger partial charge in [0, 0.05) is 18.5 Å². The molecule has 0 amide bonds. The molecule has 2 nitrogen and oxygen atoms in total. The summed E-state index contributed by atoms with van der Waals surface area (Å²) in [5, 5.41) is 0. The van der Waals surface area contributed by atoms with E-state index in [4.69, 9.17) is 11.6 Å². The first-order valence-corrected chi connectivity index (χ1v) is 5.77. The summed E-state index contributed by atoms with van der Waals surface area (Å²) in [6.07, 6.45) is 5.11. The zero-order valence-electron chi connectivity index (χ0n) is 6.86. The van der Waals surface area contributed by atoms with E-state index in [0.717, 1.165) is 10.9 Å². The molecule has 2 aliphatic heterocycles. The van der Waals surface area contributed by atoms with E-state index in [1.807, 2.05) is 19.3 Å². The van der Waals surface area contributed by atoms with Gasteiger partial charge in [-0.2, -0.15) is 0 Å². The van der Waals surface area contributed by atoms with Crippen LogP contribution in [0.5, 0.6) is 0 Å². The molecule has 0 saturated heterocycles. The topological polar surface area (TPSA) is 15.6 Å². The van der Waals surface area contributed by atoms with E-state index in [1.165, 1.54) is 12.2 Å². The fourth-order valence-electron chi connectivity index (χ4n) is 0.687. The lowest BCUT2D eigenvalue weighted by atomic mass is 10.6. The van der Waals surface area contributed by atoms with Gasteiger partial charge in [0.1, 0.15) is 0 Å². The first-order valence-electron chi connectivity index (χ1n) is 3.67. The molecule has 0 N–H and O–H groups in total. The minimum Gasteiger partial charge on any atom is -0.245 e. The van der Waals surface area contributed by atoms with Crippen LogP contribution in [0.1, 0.15) is 6.42 Å². The van der Waals surface area contributed by atoms with Crippen molar-refractivity contribution in [1.29, 1.82) is 0 Å². The normalized spacial score (nSPS) is 22.0. The minimum atomic E-state index is 0.891. The lowest BCUT2D eigenvalue weighted by molar-refractivity contribution is 0.650. The third-order valence-electron chi connectivity index (χ3n) is 1.24. The van der Waals surface area contributed by atoms with Crippen LogP contribution in [0.2, 0.25) is 0 Å². The van der Waals surface area contributed by atoms with Crippen molar-refractivity contribution in [3.63, 3.8) is 0 Å². The van der Waals surface area contributed by atoms with Crippen molar-refractivity contribution in [2.24, 2.45) is 4.40 Å². The monoisotopic (exact) mass is 222 g/mol. The number of nitrogens with zero attached hydrogens (tertiary/aromatic N) is 2. The zero-order valence-corrected chi connectivity index (χ0v) is 9.25. The summed E-state index contributed by atoms with van der Waals surface area (Å²) < 4.78 is 6.84. The quantitative estimate of drug-likeness (QED) is 0.587. The fraction of sp³-hybridized carbons (Fsp3) is 0.571. The minimum absolute atomic E-state index is 0.891. The maximum atomic E-state index is 5.59. The first kappa shape index (κ1) is 10.4. The van der Waals surface area contributed by atoms with Gasteiger partial charge in [-0.1, -0.05) is 11.6 Å². The number of likely N-dealkylation sites (N-methyl/N-ethyl adjacent to an activating group) is 1. The molecule has 0 fully saturated rings. The predicted molar refractivity (Wildman–Crippen MR) is 59.7 cm³/mol. The molecule has 0 aromatic carbocycles. The highest BCUT2D eigenvalue weighted by Gasteiger charge is 2.06. The molecule has 2 heterocycles. The Balaban J connectivity index is 0.000000127. The largest absolute Gasteiger partial charge is 0.245 e. The average molecular weight is 223 g/mol. The van der Waals surface area contributed by atoms with Crippen LogP contribution in [0.25, 0.3) is 0 Å². The zero-order chi connectivity index (χ0) is 8.81. The van der Waals surface area contributed by atoms with Crippen molar-refractivity contribution < 1.29 is 0 Å². The highest BCUT2D eigenvalue weighted by atomic mass is 35.5. The molecule has 0 unspecified atom stereocenters. The van der Waals surface area contributed by atoms with E-state index in [9.17, 15) is 0 Å². The van der Waals surface area contributed by atoms with Gasteiger partial charge in [0.05, 0.1) is 4.36 Å². The van der Waals surface area contributed by atoms with Gasteiger partial charge in [0.15, 0.2) is 0 Å². The van der Waals surface area contributed by atoms with E-state index < -0.39 is 0 Å². The van der Waals surface area contributed by atoms with E-state index in [-0.39, 0.29) is 0 Å². The van der Waals surface area contributed by atoms with Gasteiger partial charge in [0.2, 0.25) is 0 Å². The van der Waals surface area contributed by atoms with Crippen LogP contribution in [0.3, 0.4) is 0 Å². The Bertz CT molecular complexity index is 188. The second-order valence-electron chi connectivity index (χ2n) is 2.32. The number of halogens is 1. The van der Waals surface area contributed by atoms with E-state index >= 15 is 0 Å². The van der Waals surface area contributed by atoms with Gasteiger partial charge in [-0.3, -0.25) is 0 Å². The highest BCUT2D eigenvalue weighted by Crippen LogP contribution is 2.27. The maximum Gasteiger partial charge on any atom is 0.0862 e. The van der Waals surface area contributed by atoms with E-state index in [2.05, 4.69) is 8.70 Å². The third-order valence-corrected chi connectivity index (χ3v) is 3.12. The Morgan fingerprint density at radius 3 is 2.67 bits per heavy atom. The average Bonchev–Trinajstić information content (AvgIpc) is 2.63. The van der Waals surface area contributed by atoms with Crippen LogP contribution in [0.4, 0.5) is 0 Å². The molecule has 0 radical (unpaired) electrons. The predicted octanol–water partition coefficient (Wildman–Crippen LogP) is 2.77. The highest BCUT2D eigenvalue weighted by molar-refractivity contribution is 8.02. The summed E-state index contributed by atoms with van der Waals surface area (Å²) in [5.41, 5.74) is 0. The van der Waals surface area contributed by atoms with Crippen LogP contribution >= 0.6 is 35.5 Å². The van der Waals surface area contributed by atoms with Gasteiger partial charge in [0.25, 0.3) is 0 Å². The van der Waals surface area contributed by atoms with Gasteiger partial charge < -0.3 is 0 Å². The summed E-state index contributed by atoms with van der Waals surface area (Å²) in [4.78, 5) is 0. The molecule has 12 heavy (non-hydrogen) atoms. The number of rotatable bonds is 0. The molecule has 2 rings (SSSR count). The molecule has 0 saturated carbocycles. The molecule has 0 bridgehead atoms. The van der Waals surface area contributed by atoms with Crippen LogP contribution < -0.4 is 0 Å². The standard InChI is InChI=1S/C4H6ClNS.C3H5NS/c1-6-3-2-4(5)7-6;1-2-4-5-3-1/h2H,3H2,1H3;2H,1,3H2. The molecule has 0 aliphatic carbocycles. The lowest BCUT2D eigenvalue weighted by Crippen LogP contribution is -2.01. The van der Waals surface area contributed by atoms with E-state index in [0.29, 0.717) is 0 Å². The molecule has 0 spiro atoms. The molecular weight excluding hydrogens is 212 g/mol. The molecule has 0 aromatic rings. The second-order valence-corrected chi connectivity index (χ2v) is 5.07. The Labute approximate surface area is 86.7 Å². The number of hydrogen-bond acceptors (Lipinski definition) is 4. The summed E-state index contributed by atoms with van der Waals surface area (Å²) in [6.45, 7) is 0.976. The SMILES string of the molecule is C1=NSCC1.CN1CC=C(Cl)S1. The smallest absolute Gasteiger partial charge is 0.0862 e. The van der Waals surface area contributed by atoms with Crippen molar-refractivity contribution in [3.8, 4) is 0 Å². The summed E-state index contributed by atoms with van der Waals surface area (Å²) in [6, 6.07) is 0. The van der Waals surface area contributed by atoms with Gasteiger partial charge in [-0.05, 0) is 43.4 Å². The van der Waals surface area contributed by atoms with Crippen molar-refractivity contribution >= 4 is 41.7 Å². The van der Waals surface area contributed by atoms with Crippen molar-refractivity contribution in [3.05, 3.63) is 10.4 Å². The van der Waals surface area contributed by atoms with Crippen molar-refractivity contribution in [1.82, 2.24) is 4.31 Å². The molecule has 0 atom stereocenters. The van der Waals surface area contributed by atoms with Gasteiger partial charge in [-0.25, -0.2) is 8.70 Å². The lowest BCUT2D eigenvalue weighted by Gasteiger charge is -2.00. The maximum absolute atomic E-state index is 5.59. The molecule has 68 valence electrons. The van der Waals surface area contributed by atoms with Crippen LogP contribution in [-0.4, -0.2) is 29.9 Å². The van der Waals surface area contributed by atoms with Gasteiger partial charge >= 0.3 is 0 Å². The van der Waals surface area contributed by atoms with Crippen LogP contribution in [-0.2, 0) is 0 Å². The van der Waals surface area contributed by atoms with Crippen LogP contribution in [0.15, 0.2) is 14.8 Å². The summed E-state index contributed by atoms with van der Waals surface area (Å²) >= 11 is 8.81. The Morgan fingerprint density at radius 1 is 1.67 bits per heavy atom. The van der Waals surface area contributed by atoms with Crippen molar-refractivity contribution in [2.45, 2.75) is 6.42 Å². The Kier molecular flexibility index (Phi) is 5.14. The molecule has 2 aliphatic rings. The first-order chi connectivity index (χ1) is 5.79. The Morgan fingerprint density at radius 2 is 2.50 bits per heavy atom. The van der Waals surface area contributed by atoms with E-state index in [1.54, 1.807) is 23.9 Å². The second kappa shape index (κ2) is 5.91. The molecular formula is C7H11ClN2S2. The van der Waals surface area contributed by atoms with Gasteiger partial charge in [-0.15, -0.1) is 0 Å². The third kappa shape index (κ3) is 4.40. The van der Waals surface area contributed by atoms with Crippen molar-refractivity contribution in [2.75, 3.05) is 19.3 Å². The molecule has 0 aromatic heterocycles. The summed E-state index contributed by atoms with van der Waals surface area (Å²) in [7, 11) is 2.01. The fourth-order valence-corrected chi connectivity index (χ4v) is 2.23. The summed E-state index contributed by atoms with van der Waals surface area (Å²) in [5.74, 6) is 1.19. The Hall–Kier alpha value is 0.360. The molecule has 5 heteroatoms. The van der Waals surface area contributed by atoms with Crippen LogP contribution in [0, 0.1) is 0 Å². The number of hydrogen-bond donors (Lipinski definition) is 0.